The van der Waals surface area contributed by atoms with Crippen LogP contribution in [0, 0.1) is 5.92 Å². The molecule has 1 aliphatic heterocycles. The van der Waals surface area contributed by atoms with Crippen LogP contribution < -0.4 is 16.0 Å². The predicted molar refractivity (Wildman–Crippen MR) is 100 cm³/mol. The number of para-hydroxylation sites is 1. The zero-order valence-electron chi connectivity index (χ0n) is 13.4. The fraction of sp³-hybridized carbons (Fsp3) is 0.529. The van der Waals surface area contributed by atoms with Crippen molar-refractivity contribution in [1.29, 1.82) is 0 Å². The summed E-state index contributed by atoms with van der Waals surface area (Å²) in [5.41, 5.74) is 6.90. The molecule has 24 heavy (non-hydrogen) atoms. The lowest BCUT2D eigenvalue weighted by molar-refractivity contribution is -0.132. The number of amides is 2. The molecule has 3 N–H and O–H groups in total. The third-order valence-corrected chi connectivity index (χ3v) is 5.48. The first-order valence-corrected chi connectivity index (χ1v) is 8.99. The van der Waals surface area contributed by atoms with E-state index in [1.807, 2.05) is 24.3 Å². The summed E-state index contributed by atoms with van der Waals surface area (Å²) in [4.78, 5) is 26.8. The number of rotatable bonds is 3. The van der Waals surface area contributed by atoms with Gasteiger partial charge in [0.1, 0.15) is 5.92 Å². The van der Waals surface area contributed by atoms with Gasteiger partial charge in [0, 0.05) is 23.1 Å². The minimum atomic E-state index is -0.601. The monoisotopic (exact) mass is 415 g/mol. The fourth-order valence-electron chi connectivity index (χ4n) is 3.46. The van der Waals surface area contributed by atoms with Crippen LogP contribution in [-0.4, -0.2) is 30.4 Å². The number of nitrogens with two attached hydrogens (primary N) is 1. The lowest BCUT2D eigenvalue weighted by Gasteiger charge is -2.30. The average Bonchev–Trinajstić information content (AvgIpc) is 2.92. The fourth-order valence-corrected chi connectivity index (χ4v) is 3.95. The second kappa shape index (κ2) is 8.32. The van der Waals surface area contributed by atoms with Crippen molar-refractivity contribution >= 4 is 45.8 Å². The van der Waals surface area contributed by atoms with Gasteiger partial charge in [-0.05, 0) is 47.3 Å². The first-order valence-electron chi connectivity index (χ1n) is 8.20. The highest BCUT2D eigenvalue weighted by Crippen LogP contribution is 2.31. The largest absolute Gasteiger partial charge is 0.351 e. The molecule has 0 bridgehead atoms. The van der Waals surface area contributed by atoms with Crippen LogP contribution in [0.25, 0.3) is 0 Å². The molecule has 1 aliphatic carbocycles. The first kappa shape index (κ1) is 19.2. The maximum absolute atomic E-state index is 12.6. The van der Waals surface area contributed by atoms with E-state index in [9.17, 15) is 9.59 Å². The minimum absolute atomic E-state index is 0. The van der Waals surface area contributed by atoms with Gasteiger partial charge in [0.05, 0.1) is 5.69 Å². The second-order valence-electron chi connectivity index (χ2n) is 6.35. The molecular weight excluding hydrogens is 394 g/mol. The molecule has 1 aromatic rings. The molecule has 132 valence electrons. The van der Waals surface area contributed by atoms with Gasteiger partial charge < -0.3 is 16.0 Å². The van der Waals surface area contributed by atoms with Gasteiger partial charge in [-0.3, -0.25) is 9.59 Å². The third kappa shape index (κ3) is 3.92. The number of nitrogens with zero attached hydrogens (tertiary/aromatic N) is 1. The molecule has 7 heteroatoms. The maximum atomic E-state index is 12.6. The van der Waals surface area contributed by atoms with E-state index < -0.39 is 5.92 Å². The average molecular weight is 417 g/mol. The zero-order chi connectivity index (χ0) is 16.4. The smallest absolute Gasteiger partial charge is 0.239 e. The molecule has 0 aromatic heterocycles. The summed E-state index contributed by atoms with van der Waals surface area (Å²) in [6.45, 7) is 0.566. The van der Waals surface area contributed by atoms with Crippen molar-refractivity contribution in [3.63, 3.8) is 0 Å². The van der Waals surface area contributed by atoms with Crippen LogP contribution in [0.1, 0.15) is 32.1 Å². The van der Waals surface area contributed by atoms with Crippen LogP contribution in [0.15, 0.2) is 28.7 Å². The van der Waals surface area contributed by atoms with Gasteiger partial charge in [0.15, 0.2) is 0 Å². The van der Waals surface area contributed by atoms with E-state index >= 15 is 0 Å². The maximum Gasteiger partial charge on any atom is 0.239 e. The highest BCUT2D eigenvalue weighted by atomic mass is 79.9. The summed E-state index contributed by atoms with van der Waals surface area (Å²) in [5.74, 6) is -0.901. The molecule has 1 aromatic carbocycles. The molecular formula is C17H23BrClN3O2. The Morgan fingerprint density at radius 3 is 2.62 bits per heavy atom. The third-order valence-electron chi connectivity index (χ3n) is 4.81. The summed E-state index contributed by atoms with van der Waals surface area (Å²) < 4.78 is 0.865. The van der Waals surface area contributed by atoms with E-state index in [1.165, 1.54) is 0 Å². The van der Waals surface area contributed by atoms with Crippen molar-refractivity contribution in [2.45, 2.75) is 44.2 Å². The van der Waals surface area contributed by atoms with Crippen molar-refractivity contribution in [3.8, 4) is 0 Å². The number of anilines is 1. The zero-order valence-corrected chi connectivity index (χ0v) is 15.8. The standard InChI is InChI=1S/C17H22BrN3O2.ClH/c18-12-5-1-4-8-15(12)21-10-9-11(17(21)23)16(22)20-14-7-3-2-6-13(14)19;/h1,4-5,8,11,13-14H,2-3,6-7,9-10,19H2,(H,20,22);1H/t11?,13-,14-;/m1./s1. The number of nitrogens with one attached hydrogen (secondary N) is 1. The summed E-state index contributed by atoms with van der Waals surface area (Å²) in [7, 11) is 0. The van der Waals surface area contributed by atoms with Crippen molar-refractivity contribution in [2.75, 3.05) is 11.4 Å². The Hall–Kier alpha value is -1.11. The van der Waals surface area contributed by atoms with Crippen molar-refractivity contribution in [2.24, 2.45) is 11.7 Å². The summed E-state index contributed by atoms with van der Waals surface area (Å²) >= 11 is 3.47. The number of benzene rings is 1. The highest BCUT2D eigenvalue weighted by Gasteiger charge is 2.39. The molecule has 2 aliphatic rings. The van der Waals surface area contributed by atoms with Crippen molar-refractivity contribution in [1.82, 2.24) is 5.32 Å². The van der Waals surface area contributed by atoms with E-state index in [1.54, 1.807) is 4.90 Å². The molecule has 3 rings (SSSR count). The first-order chi connectivity index (χ1) is 11.1. The number of hydrogen-bond donors (Lipinski definition) is 2. The van der Waals surface area contributed by atoms with Gasteiger partial charge in [-0.25, -0.2) is 0 Å². The summed E-state index contributed by atoms with van der Waals surface area (Å²) in [6.07, 6.45) is 4.59. The Bertz CT molecular complexity index is 613. The van der Waals surface area contributed by atoms with E-state index in [0.29, 0.717) is 13.0 Å². The molecule has 3 atom stereocenters. The van der Waals surface area contributed by atoms with Crippen LogP contribution in [0.4, 0.5) is 5.69 Å². The molecule has 2 fully saturated rings. The number of carbonyl (C=O) groups is 2. The normalized spacial score (nSPS) is 26.8. The molecule has 0 radical (unpaired) electrons. The second-order valence-corrected chi connectivity index (χ2v) is 7.20. The molecule has 0 spiro atoms. The van der Waals surface area contributed by atoms with Gasteiger partial charge in [-0.1, -0.05) is 25.0 Å². The Kier molecular flexibility index (Phi) is 6.66. The predicted octanol–water partition coefficient (Wildman–Crippen LogP) is 2.61. The summed E-state index contributed by atoms with van der Waals surface area (Å²) in [6, 6.07) is 7.59. The minimum Gasteiger partial charge on any atom is -0.351 e. The number of halogens is 2. The van der Waals surface area contributed by atoms with Crippen LogP contribution in [-0.2, 0) is 9.59 Å². The van der Waals surface area contributed by atoms with Crippen LogP contribution >= 0.6 is 28.3 Å². The molecule has 2 amide bonds. The highest BCUT2D eigenvalue weighted by molar-refractivity contribution is 9.10. The topological polar surface area (TPSA) is 75.4 Å². The molecule has 1 unspecified atom stereocenters. The Morgan fingerprint density at radius 1 is 1.21 bits per heavy atom. The van der Waals surface area contributed by atoms with Crippen LogP contribution in [0.5, 0.6) is 0 Å². The quantitative estimate of drug-likeness (QED) is 0.744. The lowest BCUT2D eigenvalue weighted by Crippen LogP contribution is -2.51. The Morgan fingerprint density at radius 2 is 1.92 bits per heavy atom. The van der Waals surface area contributed by atoms with E-state index in [2.05, 4.69) is 21.2 Å². The molecule has 1 heterocycles. The van der Waals surface area contributed by atoms with Gasteiger partial charge >= 0.3 is 0 Å². The summed E-state index contributed by atoms with van der Waals surface area (Å²) in [5, 5.41) is 3.00. The SMILES string of the molecule is Cl.N[C@@H]1CCCC[C@H]1NC(=O)C1CCN(c2ccccc2Br)C1=O. The molecule has 5 nitrogen and oxygen atoms in total. The van der Waals surface area contributed by atoms with E-state index in [-0.39, 0.29) is 36.3 Å². The van der Waals surface area contributed by atoms with Crippen molar-refractivity contribution in [3.05, 3.63) is 28.7 Å². The Balaban J connectivity index is 0.00000208. The van der Waals surface area contributed by atoms with Gasteiger partial charge in [0.2, 0.25) is 11.8 Å². The van der Waals surface area contributed by atoms with Crippen LogP contribution in [0.2, 0.25) is 0 Å². The Labute approximate surface area is 156 Å². The van der Waals surface area contributed by atoms with E-state index in [0.717, 1.165) is 35.8 Å². The van der Waals surface area contributed by atoms with Gasteiger partial charge in [-0.15, -0.1) is 12.4 Å². The molecule has 1 saturated heterocycles. The van der Waals surface area contributed by atoms with Crippen LogP contribution in [0.3, 0.4) is 0 Å². The number of hydrogen-bond acceptors (Lipinski definition) is 3. The molecule has 1 saturated carbocycles. The van der Waals surface area contributed by atoms with E-state index in [4.69, 9.17) is 5.73 Å². The lowest BCUT2D eigenvalue weighted by atomic mass is 9.90. The van der Waals surface area contributed by atoms with Crippen molar-refractivity contribution < 1.29 is 9.59 Å². The van der Waals surface area contributed by atoms with Gasteiger partial charge in [0.25, 0.3) is 0 Å². The number of carbonyl (C=O) groups excluding carboxylic acids is 2. The van der Waals surface area contributed by atoms with Gasteiger partial charge in [-0.2, -0.15) is 0 Å².